The Labute approximate surface area is 129 Å². The molecule has 2 rings (SSSR count). The van der Waals surface area contributed by atoms with Gasteiger partial charge < -0.3 is 9.64 Å². The molecule has 1 heterocycles. The Morgan fingerprint density at radius 2 is 1.95 bits per heavy atom. The topological polar surface area (TPSA) is 32.8 Å². The first-order valence-corrected chi connectivity index (χ1v) is 7.33. The van der Waals surface area contributed by atoms with E-state index in [0.717, 1.165) is 26.2 Å². The van der Waals surface area contributed by atoms with Gasteiger partial charge in [-0.05, 0) is 18.2 Å². The van der Waals surface area contributed by atoms with Crippen molar-refractivity contribution in [2.75, 3.05) is 46.4 Å². The molecule has 1 aliphatic heterocycles. The summed E-state index contributed by atoms with van der Waals surface area (Å²) in [5.74, 6) is -0.0296. The maximum atomic E-state index is 12.4. The van der Waals surface area contributed by atoms with E-state index in [1.165, 1.54) is 0 Å². The maximum absolute atomic E-state index is 12.4. The summed E-state index contributed by atoms with van der Waals surface area (Å²) < 4.78 is 5.06. The van der Waals surface area contributed by atoms with Crippen LogP contribution in [0.25, 0.3) is 0 Å². The van der Waals surface area contributed by atoms with Gasteiger partial charge >= 0.3 is 0 Å². The van der Waals surface area contributed by atoms with Gasteiger partial charge in [0.25, 0.3) is 5.91 Å². The lowest BCUT2D eigenvalue weighted by atomic mass is 10.2. The van der Waals surface area contributed by atoms with Crippen LogP contribution in [-0.4, -0.2) is 62.1 Å². The third kappa shape index (κ3) is 3.85. The van der Waals surface area contributed by atoms with Gasteiger partial charge in [0, 0.05) is 44.9 Å². The van der Waals surface area contributed by atoms with E-state index in [4.69, 9.17) is 27.9 Å². The molecule has 0 aliphatic carbocycles. The van der Waals surface area contributed by atoms with Gasteiger partial charge in [0.1, 0.15) is 0 Å². The van der Waals surface area contributed by atoms with Crippen molar-refractivity contribution in [2.45, 2.75) is 0 Å². The molecule has 1 fully saturated rings. The van der Waals surface area contributed by atoms with Crippen LogP contribution in [0, 0.1) is 0 Å². The Bertz CT molecular complexity index is 474. The highest BCUT2D eigenvalue weighted by molar-refractivity contribution is 6.36. The van der Waals surface area contributed by atoms with Crippen molar-refractivity contribution < 1.29 is 9.53 Å². The lowest BCUT2D eigenvalue weighted by molar-refractivity contribution is 0.0594. The second kappa shape index (κ2) is 7.27. The maximum Gasteiger partial charge on any atom is 0.255 e. The Balaban J connectivity index is 1.94. The van der Waals surface area contributed by atoms with Crippen molar-refractivity contribution in [1.82, 2.24) is 9.80 Å². The van der Waals surface area contributed by atoms with Gasteiger partial charge in [-0.15, -0.1) is 0 Å². The number of benzene rings is 1. The second-order valence-corrected chi connectivity index (χ2v) is 5.59. The van der Waals surface area contributed by atoms with E-state index in [0.29, 0.717) is 28.7 Å². The summed E-state index contributed by atoms with van der Waals surface area (Å²) in [5, 5.41) is 0.945. The molecule has 20 heavy (non-hydrogen) atoms. The number of carbonyl (C=O) groups excluding carboxylic acids is 1. The average Bonchev–Trinajstić information content (AvgIpc) is 2.45. The normalized spacial score (nSPS) is 16.4. The highest BCUT2D eigenvalue weighted by Gasteiger charge is 2.23. The Morgan fingerprint density at radius 1 is 1.25 bits per heavy atom. The number of halogens is 2. The average molecular weight is 317 g/mol. The summed E-state index contributed by atoms with van der Waals surface area (Å²) in [6.07, 6.45) is 0. The van der Waals surface area contributed by atoms with E-state index >= 15 is 0 Å². The molecule has 0 N–H and O–H groups in total. The molecule has 1 aromatic rings. The first-order valence-electron chi connectivity index (χ1n) is 6.57. The van der Waals surface area contributed by atoms with Crippen molar-refractivity contribution in [3.63, 3.8) is 0 Å². The van der Waals surface area contributed by atoms with E-state index in [1.54, 1.807) is 25.3 Å². The predicted octanol–water partition coefficient (Wildman–Crippen LogP) is 2.40. The molecule has 1 aliphatic rings. The summed E-state index contributed by atoms with van der Waals surface area (Å²) in [6, 6.07) is 4.98. The molecule has 0 spiro atoms. The van der Waals surface area contributed by atoms with Crippen LogP contribution in [-0.2, 0) is 4.74 Å². The van der Waals surface area contributed by atoms with E-state index < -0.39 is 0 Å². The van der Waals surface area contributed by atoms with Crippen molar-refractivity contribution >= 4 is 29.1 Å². The second-order valence-electron chi connectivity index (χ2n) is 4.75. The Morgan fingerprint density at radius 3 is 2.55 bits per heavy atom. The van der Waals surface area contributed by atoms with Crippen LogP contribution in [0.2, 0.25) is 10.0 Å². The van der Waals surface area contributed by atoms with Crippen molar-refractivity contribution in [3.05, 3.63) is 33.8 Å². The molecule has 0 atom stereocenters. The minimum absolute atomic E-state index is 0.0296. The summed E-state index contributed by atoms with van der Waals surface area (Å²) in [5.41, 5.74) is 0.515. The van der Waals surface area contributed by atoms with Crippen molar-refractivity contribution in [2.24, 2.45) is 0 Å². The quantitative estimate of drug-likeness (QED) is 0.855. The molecule has 110 valence electrons. The first kappa shape index (κ1) is 15.6. The van der Waals surface area contributed by atoms with Crippen molar-refractivity contribution in [1.29, 1.82) is 0 Å². The summed E-state index contributed by atoms with van der Waals surface area (Å²) in [6.45, 7) is 4.76. The van der Waals surface area contributed by atoms with E-state index in [2.05, 4.69) is 4.90 Å². The van der Waals surface area contributed by atoms with Gasteiger partial charge in [-0.3, -0.25) is 9.69 Å². The zero-order valence-corrected chi connectivity index (χ0v) is 13.0. The minimum atomic E-state index is -0.0296. The van der Waals surface area contributed by atoms with E-state index in [9.17, 15) is 4.79 Å². The van der Waals surface area contributed by atoms with Crippen LogP contribution < -0.4 is 0 Å². The molecule has 4 nitrogen and oxygen atoms in total. The standard InChI is InChI=1S/C14H18Cl2N2O2/c1-20-9-8-17-4-6-18(7-5-17)14(19)12-3-2-11(15)10-13(12)16/h2-3,10H,4-9H2,1H3. The zero-order chi connectivity index (χ0) is 14.5. The molecule has 0 aromatic heterocycles. The molecule has 1 aromatic carbocycles. The van der Waals surface area contributed by atoms with Crippen LogP contribution in [0.15, 0.2) is 18.2 Å². The summed E-state index contributed by atoms with van der Waals surface area (Å²) >= 11 is 11.9. The third-order valence-corrected chi connectivity index (χ3v) is 3.98. The van der Waals surface area contributed by atoms with Crippen molar-refractivity contribution in [3.8, 4) is 0 Å². The number of hydrogen-bond donors (Lipinski definition) is 0. The van der Waals surface area contributed by atoms with E-state index in [-0.39, 0.29) is 5.91 Å². The number of amides is 1. The van der Waals surface area contributed by atoms with Crippen LogP contribution in [0.1, 0.15) is 10.4 Å². The molecule has 0 saturated carbocycles. The van der Waals surface area contributed by atoms with Gasteiger partial charge in [-0.1, -0.05) is 23.2 Å². The van der Waals surface area contributed by atoms with Gasteiger partial charge in [0.05, 0.1) is 17.2 Å². The number of hydrogen-bond acceptors (Lipinski definition) is 3. The number of nitrogens with zero attached hydrogens (tertiary/aromatic N) is 2. The Kier molecular flexibility index (Phi) is 5.66. The van der Waals surface area contributed by atoms with Gasteiger partial charge in [0.15, 0.2) is 0 Å². The number of carbonyl (C=O) groups is 1. The fraction of sp³-hybridized carbons (Fsp3) is 0.500. The number of rotatable bonds is 4. The lowest BCUT2D eigenvalue weighted by Crippen LogP contribution is -2.49. The third-order valence-electron chi connectivity index (χ3n) is 3.43. The molecule has 0 bridgehead atoms. The molecular weight excluding hydrogens is 299 g/mol. The molecule has 1 saturated heterocycles. The smallest absolute Gasteiger partial charge is 0.255 e. The van der Waals surface area contributed by atoms with Gasteiger partial charge in [-0.25, -0.2) is 0 Å². The summed E-state index contributed by atoms with van der Waals surface area (Å²) in [7, 11) is 1.70. The zero-order valence-electron chi connectivity index (χ0n) is 11.4. The largest absolute Gasteiger partial charge is 0.383 e. The first-order chi connectivity index (χ1) is 9.61. The minimum Gasteiger partial charge on any atom is -0.383 e. The molecular formula is C14H18Cl2N2O2. The number of ether oxygens (including phenoxy) is 1. The van der Waals surface area contributed by atoms with E-state index in [1.807, 2.05) is 4.90 Å². The number of methoxy groups -OCH3 is 1. The highest BCUT2D eigenvalue weighted by Crippen LogP contribution is 2.22. The van der Waals surface area contributed by atoms with Crippen LogP contribution >= 0.6 is 23.2 Å². The van der Waals surface area contributed by atoms with Gasteiger partial charge in [0.2, 0.25) is 0 Å². The highest BCUT2D eigenvalue weighted by atomic mass is 35.5. The molecule has 0 unspecified atom stereocenters. The predicted molar refractivity (Wildman–Crippen MR) is 80.7 cm³/mol. The fourth-order valence-corrected chi connectivity index (χ4v) is 2.72. The molecule has 6 heteroatoms. The van der Waals surface area contributed by atoms with Crippen LogP contribution in [0.5, 0.6) is 0 Å². The monoisotopic (exact) mass is 316 g/mol. The SMILES string of the molecule is COCCN1CCN(C(=O)c2ccc(Cl)cc2Cl)CC1. The fourth-order valence-electron chi connectivity index (χ4n) is 2.23. The molecule has 0 radical (unpaired) electrons. The summed E-state index contributed by atoms with van der Waals surface area (Å²) in [4.78, 5) is 16.5. The van der Waals surface area contributed by atoms with Gasteiger partial charge in [-0.2, -0.15) is 0 Å². The van der Waals surface area contributed by atoms with Crippen LogP contribution in [0.3, 0.4) is 0 Å². The molecule has 1 amide bonds. The lowest BCUT2D eigenvalue weighted by Gasteiger charge is -2.34. The van der Waals surface area contributed by atoms with Crippen LogP contribution in [0.4, 0.5) is 0 Å². The number of piperazine rings is 1. The Hall–Kier alpha value is -0.810.